The molecule has 0 bridgehead atoms. The number of aromatic amines is 1. The number of aryl methyl sites for hydroxylation is 1. The molecule has 1 aliphatic heterocycles. The SMILES string of the molecule is Cc1ccccc1NC(=O)[C@H]1CC(=O)Nc2nc(Nc3ccc(Cl)cc3Cl)[nH]c(=O)c21. The molecular weight excluding hydrogens is 441 g/mol. The van der Waals surface area contributed by atoms with E-state index in [0.29, 0.717) is 21.4 Å². The van der Waals surface area contributed by atoms with Gasteiger partial charge in [0.2, 0.25) is 17.8 Å². The van der Waals surface area contributed by atoms with Crippen LogP contribution in [0.4, 0.5) is 23.1 Å². The number of nitrogens with zero attached hydrogens (tertiary/aromatic N) is 1. The average molecular weight is 458 g/mol. The molecule has 1 aliphatic rings. The van der Waals surface area contributed by atoms with Crippen molar-refractivity contribution < 1.29 is 9.59 Å². The van der Waals surface area contributed by atoms with Crippen molar-refractivity contribution in [3.63, 3.8) is 0 Å². The summed E-state index contributed by atoms with van der Waals surface area (Å²) in [5.41, 5.74) is 1.49. The molecule has 0 spiro atoms. The minimum Gasteiger partial charge on any atom is -0.325 e. The lowest BCUT2D eigenvalue weighted by molar-refractivity contribution is -0.123. The van der Waals surface area contributed by atoms with Gasteiger partial charge in [0.1, 0.15) is 5.82 Å². The van der Waals surface area contributed by atoms with E-state index in [4.69, 9.17) is 23.2 Å². The van der Waals surface area contributed by atoms with Crippen LogP contribution >= 0.6 is 23.2 Å². The van der Waals surface area contributed by atoms with Crippen LogP contribution in [0.2, 0.25) is 10.0 Å². The number of benzene rings is 2. The van der Waals surface area contributed by atoms with Crippen molar-refractivity contribution in [3.8, 4) is 0 Å². The van der Waals surface area contributed by atoms with Gasteiger partial charge in [0, 0.05) is 17.1 Å². The predicted octanol–water partition coefficient (Wildman–Crippen LogP) is 4.19. The van der Waals surface area contributed by atoms with E-state index in [1.807, 2.05) is 19.1 Å². The minimum absolute atomic E-state index is 0.0255. The van der Waals surface area contributed by atoms with Gasteiger partial charge in [0.05, 0.1) is 22.2 Å². The van der Waals surface area contributed by atoms with Crippen LogP contribution in [-0.2, 0) is 9.59 Å². The van der Waals surface area contributed by atoms with Crippen molar-refractivity contribution in [1.82, 2.24) is 9.97 Å². The fourth-order valence-electron chi connectivity index (χ4n) is 3.31. The second kappa shape index (κ2) is 8.41. The lowest BCUT2D eigenvalue weighted by Gasteiger charge is -2.24. The number of nitrogens with one attached hydrogen (secondary N) is 4. The van der Waals surface area contributed by atoms with E-state index in [2.05, 4.69) is 25.9 Å². The molecule has 1 atom stereocenters. The first-order valence-electron chi connectivity index (χ1n) is 9.34. The van der Waals surface area contributed by atoms with E-state index in [1.165, 1.54) is 6.07 Å². The summed E-state index contributed by atoms with van der Waals surface area (Å²) in [5.74, 6) is -1.76. The summed E-state index contributed by atoms with van der Waals surface area (Å²) < 4.78 is 0. The zero-order valence-corrected chi connectivity index (χ0v) is 17.8. The summed E-state index contributed by atoms with van der Waals surface area (Å²) >= 11 is 12.0. The van der Waals surface area contributed by atoms with E-state index in [1.54, 1.807) is 24.3 Å². The van der Waals surface area contributed by atoms with Gasteiger partial charge in [-0.25, -0.2) is 0 Å². The highest BCUT2D eigenvalue weighted by Gasteiger charge is 2.35. The Balaban J connectivity index is 1.66. The Morgan fingerprint density at radius 3 is 2.65 bits per heavy atom. The fourth-order valence-corrected chi connectivity index (χ4v) is 3.76. The van der Waals surface area contributed by atoms with Crippen LogP contribution in [0, 0.1) is 6.92 Å². The lowest BCUT2D eigenvalue weighted by atomic mass is 9.92. The van der Waals surface area contributed by atoms with Crippen LogP contribution in [0.5, 0.6) is 0 Å². The third-order valence-corrected chi connectivity index (χ3v) is 5.40. The smallest absolute Gasteiger partial charge is 0.258 e. The molecule has 3 aromatic rings. The largest absolute Gasteiger partial charge is 0.325 e. The number of carbonyl (C=O) groups excluding carboxylic acids is 2. The Bertz CT molecular complexity index is 1260. The molecule has 10 heteroatoms. The Kier molecular flexibility index (Phi) is 5.67. The van der Waals surface area contributed by atoms with Gasteiger partial charge in [-0.05, 0) is 36.8 Å². The molecule has 4 N–H and O–H groups in total. The van der Waals surface area contributed by atoms with Crippen LogP contribution < -0.4 is 21.5 Å². The number of aromatic nitrogens is 2. The number of hydrogen-bond donors (Lipinski definition) is 4. The summed E-state index contributed by atoms with van der Waals surface area (Å²) in [6.07, 6.45) is -0.161. The molecule has 0 radical (unpaired) electrons. The van der Waals surface area contributed by atoms with Crippen LogP contribution in [0.3, 0.4) is 0 Å². The minimum atomic E-state index is -0.979. The Morgan fingerprint density at radius 1 is 1.13 bits per heavy atom. The molecule has 31 heavy (non-hydrogen) atoms. The lowest BCUT2D eigenvalue weighted by Crippen LogP contribution is -2.36. The molecule has 0 saturated carbocycles. The number of para-hydroxylation sites is 1. The standard InChI is InChI=1S/C21H17Cl2N5O3/c1-10-4-2-3-5-14(10)24-19(30)12-9-16(29)26-18-17(12)20(31)28-21(27-18)25-15-7-6-11(22)8-13(15)23/h2-8,12H,9H2,1H3,(H,24,30)(H3,25,26,27,28,29,31)/t12-/m0/s1. The van der Waals surface area contributed by atoms with E-state index in [9.17, 15) is 14.4 Å². The Morgan fingerprint density at radius 2 is 1.90 bits per heavy atom. The number of H-pyrrole nitrogens is 1. The molecular formula is C21H17Cl2N5O3. The van der Waals surface area contributed by atoms with Crippen LogP contribution in [0.25, 0.3) is 0 Å². The zero-order chi connectivity index (χ0) is 22.1. The second-order valence-corrected chi connectivity index (χ2v) is 7.88. The third-order valence-electron chi connectivity index (χ3n) is 4.85. The van der Waals surface area contributed by atoms with Crippen molar-refractivity contribution in [1.29, 1.82) is 0 Å². The van der Waals surface area contributed by atoms with Crippen molar-refractivity contribution in [3.05, 3.63) is 74.0 Å². The molecule has 2 heterocycles. The molecule has 8 nitrogen and oxygen atoms in total. The first-order chi connectivity index (χ1) is 14.8. The topological polar surface area (TPSA) is 116 Å². The maximum atomic E-state index is 12.9. The van der Waals surface area contributed by atoms with Crippen LogP contribution in [-0.4, -0.2) is 21.8 Å². The highest BCUT2D eigenvalue weighted by Crippen LogP contribution is 2.32. The molecule has 2 aromatic carbocycles. The second-order valence-electron chi connectivity index (χ2n) is 7.04. The van der Waals surface area contributed by atoms with Gasteiger partial charge in [-0.2, -0.15) is 4.98 Å². The van der Waals surface area contributed by atoms with Crippen molar-refractivity contribution in [2.75, 3.05) is 16.0 Å². The summed E-state index contributed by atoms with van der Waals surface area (Å²) in [7, 11) is 0. The molecule has 0 unspecified atom stereocenters. The van der Waals surface area contributed by atoms with Gasteiger partial charge >= 0.3 is 0 Å². The average Bonchev–Trinajstić information content (AvgIpc) is 2.71. The van der Waals surface area contributed by atoms with Crippen LogP contribution in [0.15, 0.2) is 47.3 Å². The molecule has 0 saturated heterocycles. The van der Waals surface area contributed by atoms with Crippen LogP contribution in [0.1, 0.15) is 23.5 Å². The van der Waals surface area contributed by atoms with Gasteiger partial charge in [0.15, 0.2) is 0 Å². The quantitative estimate of drug-likeness (QED) is 0.468. The third kappa shape index (κ3) is 4.40. The fraction of sp³-hybridized carbons (Fsp3) is 0.143. The van der Waals surface area contributed by atoms with E-state index < -0.39 is 23.3 Å². The van der Waals surface area contributed by atoms with E-state index in [-0.39, 0.29) is 23.8 Å². The molecule has 0 aliphatic carbocycles. The first-order valence-corrected chi connectivity index (χ1v) is 10.1. The van der Waals surface area contributed by atoms with Gasteiger partial charge in [0.25, 0.3) is 5.56 Å². The van der Waals surface area contributed by atoms with Gasteiger partial charge in [-0.1, -0.05) is 41.4 Å². The Labute approximate surface area is 187 Å². The molecule has 0 fully saturated rings. The zero-order valence-electron chi connectivity index (χ0n) is 16.3. The van der Waals surface area contributed by atoms with Crippen molar-refractivity contribution in [2.24, 2.45) is 0 Å². The Hall–Kier alpha value is -3.36. The normalized spacial score (nSPS) is 15.1. The summed E-state index contributed by atoms with van der Waals surface area (Å²) in [6, 6.07) is 12.0. The number of carbonyl (C=O) groups is 2. The monoisotopic (exact) mass is 457 g/mol. The first kappa shape index (κ1) is 20.9. The number of hydrogen-bond acceptors (Lipinski definition) is 5. The summed E-state index contributed by atoms with van der Waals surface area (Å²) in [6.45, 7) is 1.85. The van der Waals surface area contributed by atoms with Crippen molar-refractivity contribution >= 4 is 58.2 Å². The number of halogens is 2. The van der Waals surface area contributed by atoms with E-state index in [0.717, 1.165) is 5.56 Å². The molecule has 1 aromatic heterocycles. The summed E-state index contributed by atoms with van der Waals surface area (Å²) in [4.78, 5) is 44.9. The molecule has 2 amide bonds. The van der Waals surface area contributed by atoms with Crippen molar-refractivity contribution in [2.45, 2.75) is 19.3 Å². The van der Waals surface area contributed by atoms with Gasteiger partial charge < -0.3 is 16.0 Å². The molecule has 4 rings (SSSR count). The van der Waals surface area contributed by atoms with Gasteiger partial charge in [-0.15, -0.1) is 0 Å². The summed E-state index contributed by atoms with van der Waals surface area (Å²) in [5, 5.41) is 9.03. The highest BCUT2D eigenvalue weighted by atomic mass is 35.5. The number of fused-ring (bicyclic) bond motifs is 1. The molecule has 158 valence electrons. The number of rotatable bonds is 4. The maximum absolute atomic E-state index is 12.9. The highest BCUT2D eigenvalue weighted by molar-refractivity contribution is 6.36. The number of amides is 2. The van der Waals surface area contributed by atoms with E-state index >= 15 is 0 Å². The predicted molar refractivity (Wildman–Crippen MR) is 120 cm³/mol. The van der Waals surface area contributed by atoms with Gasteiger partial charge in [-0.3, -0.25) is 19.4 Å². The maximum Gasteiger partial charge on any atom is 0.258 e. The number of anilines is 4.